The van der Waals surface area contributed by atoms with E-state index in [9.17, 15) is 13.2 Å². The highest BCUT2D eigenvalue weighted by molar-refractivity contribution is 7.89. The first-order chi connectivity index (χ1) is 14.8. The monoisotopic (exact) mass is 438 g/mol. The zero-order valence-corrected chi connectivity index (χ0v) is 18.4. The lowest BCUT2D eigenvalue weighted by Crippen LogP contribution is -2.26. The number of anilines is 1. The second-order valence-electron chi connectivity index (χ2n) is 7.32. The summed E-state index contributed by atoms with van der Waals surface area (Å²) in [5.41, 5.74) is 3.90. The van der Waals surface area contributed by atoms with Crippen LogP contribution in [0.15, 0.2) is 77.7 Å². The van der Waals surface area contributed by atoms with E-state index < -0.39 is 10.0 Å². The average Bonchev–Trinajstić information content (AvgIpc) is 2.72. The number of hydrogen-bond donors (Lipinski definition) is 2. The van der Waals surface area contributed by atoms with Crippen molar-refractivity contribution in [1.82, 2.24) is 4.72 Å². The number of carbonyl (C=O) groups is 1. The number of sulfonamides is 1. The predicted molar refractivity (Wildman–Crippen MR) is 122 cm³/mol. The standard InChI is InChI=1S/C24H26N2O4S/c1-18-14-19(2)16-21(15-18)26-24(27)17-30-22-8-10-23(11-9-22)31(28,29)25-13-12-20-6-4-3-5-7-20/h3-11,14-16,25H,12-13,17H2,1-2H3,(H,26,27). The lowest BCUT2D eigenvalue weighted by molar-refractivity contribution is -0.118. The molecule has 2 N–H and O–H groups in total. The van der Waals surface area contributed by atoms with Crippen LogP contribution in [0.1, 0.15) is 16.7 Å². The van der Waals surface area contributed by atoms with Gasteiger partial charge in [-0.15, -0.1) is 0 Å². The van der Waals surface area contributed by atoms with Crippen LogP contribution in [0, 0.1) is 13.8 Å². The molecule has 0 aliphatic rings. The van der Waals surface area contributed by atoms with Crippen molar-refractivity contribution in [2.45, 2.75) is 25.2 Å². The molecule has 3 rings (SSSR count). The fourth-order valence-electron chi connectivity index (χ4n) is 3.17. The maximum atomic E-state index is 12.4. The van der Waals surface area contributed by atoms with Gasteiger partial charge in [0.2, 0.25) is 10.0 Å². The van der Waals surface area contributed by atoms with E-state index in [1.54, 1.807) is 0 Å². The predicted octanol–water partition coefficient (Wildman–Crippen LogP) is 3.84. The van der Waals surface area contributed by atoms with Crippen molar-refractivity contribution >= 4 is 21.6 Å². The molecule has 0 radical (unpaired) electrons. The van der Waals surface area contributed by atoms with E-state index in [4.69, 9.17) is 4.74 Å². The molecule has 7 heteroatoms. The fraction of sp³-hybridized carbons (Fsp3) is 0.208. The molecule has 0 saturated carbocycles. The van der Waals surface area contributed by atoms with Crippen LogP contribution in [-0.4, -0.2) is 27.5 Å². The summed E-state index contributed by atoms with van der Waals surface area (Å²) >= 11 is 0. The molecule has 0 fully saturated rings. The van der Waals surface area contributed by atoms with Crippen molar-refractivity contribution in [2.75, 3.05) is 18.5 Å². The second-order valence-corrected chi connectivity index (χ2v) is 9.08. The molecule has 0 heterocycles. The van der Waals surface area contributed by atoms with Crippen LogP contribution in [0.3, 0.4) is 0 Å². The summed E-state index contributed by atoms with van der Waals surface area (Å²) in [6, 6.07) is 21.5. The van der Waals surface area contributed by atoms with Gasteiger partial charge in [-0.2, -0.15) is 0 Å². The van der Waals surface area contributed by atoms with Gasteiger partial charge in [0.25, 0.3) is 5.91 Å². The van der Waals surface area contributed by atoms with Gasteiger partial charge >= 0.3 is 0 Å². The van der Waals surface area contributed by atoms with E-state index in [0.29, 0.717) is 24.4 Å². The van der Waals surface area contributed by atoms with Crippen LogP contribution in [0.25, 0.3) is 0 Å². The summed E-state index contributed by atoms with van der Waals surface area (Å²) in [5, 5.41) is 2.80. The van der Waals surface area contributed by atoms with Crippen molar-refractivity contribution < 1.29 is 17.9 Å². The van der Waals surface area contributed by atoms with E-state index >= 15 is 0 Å². The van der Waals surface area contributed by atoms with Crippen molar-refractivity contribution in [3.63, 3.8) is 0 Å². The number of rotatable bonds is 9. The third-order valence-electron chi connectivity index (χ3n) is 4.56. The van der Waals surface area contributed by atoms with E-state index in [-0.39, 0.29) is 17.4 Å². The van der Waals surface area contributed by atoms with Gasteiger partial charge in [0.15, 0.2) is 6.61 Å². The molecule has 3 aromatic carbocycles. The molecule has 1 amide bonds. The first kappa shape index (κ1) is 22.5. The van der Waals surface area contributed by atoms with Gasteiger partial charge in [0.1, 0.15) is 5.75 Å². The SMILES string of the molecule is Cc1cc(C)cc(NC(=O)COc2ccc(S(=O)(=O)NCCc3ccccc3)cc2)c1. The van der Waals surface area contributed by atoms with Crippen molar-refractivity contribution in [3.8, 4) is 5.75 Å². The average molecular weight is 439 g/mol. The third kappa shape index (κ3) is 6.94. The van der Waals surface area contributed by atoms with Gasteiger partial charge in [-0.3, -0.25) is 4.79 Å². The Hall–Kier alpha value is -3.16. The number of ether oxygens (including phenoxy) is 1. The first-order valence-electron chi connectivity index (χ1n) is 9.96. The third-order valence-corrected chi connectivity index (χ3v) is 6.03. The molecule has 0 aromatic heterocycles. The van der Waals surface area contributed by atoms with Crippen LogP contribution in [-0.2, 0) is 21.2 Å². The van der Waals surface area contributed by atoms with Crippen molar-refractivity contribution in [2.24, 2.45) is 0 Å². The Labute approximate surface area is 183 Å². The minimum absolute atomic E-state index is 0.146. The molecule has 0 bridgehead atoms. The highest BCUT2D eigenvalue weighted by Gasteiger charge is 2.13. The largest absolute Gasteiger partial charge is 0.484 e. The number of amides is 1. The van der Waals surface area contributed by atoms with Crippen LogP contribution in [0.5, 0.6) is 5.75 Å². The Morgan fingerprint density at radius 2 is 1.55 bits per heavy atom. The molecule has 0 saturated heterocycles. The zero-order valence-electron chi connectivity index (χ0n) is 17.6. The maximum Gasteiger partial charge on any atom is 0.262 e. The lowest BCUT2D eigenvalue weighted by Gasteiger charge is -2.10. The molecule has 31 heavy (non-hydrogen) atoms. The van der Waals surface area contributed by atoms with Crippen molar-refractivity contribution in [1.29, 1.82) is 0 Å². The number of carbonyl (C=O) groups excluding carboxylic acids is 1. The lowest BCUT2D eigenvalue weighted by atomic mass is 10.1. The van der Waals surface area contributed by atoms with Gasteiger partial charge in [0.05, 0.1) is 4.90 Å². The Bertz CT molecular complexity index is 1110. The van der Waals surface area contributed by atoms with Gasteiger partial charge in [-0.05, 0) is 73.4 Å². The van der Waals surface area contributed by atoms with E-state index in [1.807, 2.05) is 62.4 Å². The number of aryl methyl sites for hydroxylation is 2. The van der Waals surface area contributed by atoms with E-state index in [2.05, 4.69) is 10.0 Å². The van der Waals surface area contributed by atoms with Crippen LogP contribution < -0.4 is 14.8 Å². The van der Waals surface area contributed by atoms with Crippen LogP contribution in [0.4, 0.5) is 5.69 Å². The van der Waals surface area contributed by atoms with E-state index in [1.165, 1.54) is 24.3 Å². The van der Waals surface area contributed by atoms with Gasteiger partial charge < -0.3 is 10.1 Å². The van der Waals surface area contributed by atoms with Crippen LogP contribution in [0.2, 0.25) is 0 Å². The Balaban J connectivity index is 1.50. The number of hydrogen-bond acceptors (Lipinski definition) is 4. The highest BCUT2D eigenvalue weighted by atomic mass is 32.2. The zero-order chi connectivity index (χ0) is 22.3. The summed E-state index contributed by atoms with van der Waals surface area (Å²) in [6.07, 6.45) is 0.608. The summed E-state index contributed by atoms with van der Waals surface area (Å²) in [6.45, 7) is 4.06. The normalized spacial score (nSPS) is 11.2. The molecule has 0 spiro atoms. The van der Waals surface area contributed by atoms with E-state index in [0.717, 1.165) is 16.7 Å². The molecule has 0 aliphatic carbocycles. The summed E-state index contributed by atoms with van der Waals surface area (Å²) in [4.78, 5) is 12.3. The second kappa shape index (κ2) is 10.2. The number of benzene rings is 3. The number of nitrogens with one attached hydrogen (secondary N) is 2. The minimum atomic E-state index is -3.61. The summed E-state index contributed by atoms with van der Waals surface area (Å²) in [7, 11) is -3.61. The molecular weight excluding hydrogens is 412 g/mol. The molecule has 162 valence electrons. The van der Waals surface area contributed by atoms with Gasteiger partial charge in [0, 0.05) is 12.2 Å². The quantitative estimate of drug-likeness (QED) is 0.532. The Morgan fingerprint density at radius 3 is 2.19 bits per heavy atom. The summed E-state index contributed by atoms with van der Waals surface area (Å²) in [5.74, 6) is 0.128. The highest BCUT2D eigenvalue weighted by Crippen LogP contribution is 2.17. The minimum Gasteiger partial charge on any atom is -0.484 e. The fourth-order valence-corrected chi connectivity index (χ4v) is 4.20. The van der Waals surface area contributed by atoms with Crippen molar-refractivity contribution in [3.05, 3.63) is 89.5 Å². The molecule has 0 unspecified atom stereocenters. The van der Waals surface area contributed by atoms with Gasteiger partial charge in [-0.25, -0.2) is 13.1 Å². The smallest absolute Gasteiger partial charge is 0.262 e. The van der Waals surface area contributed by atoms with Gasteiger partial charge in [-0.1, -0.05) is 36.4 Å². The molecule has 0 aliphatic heterocycles. The first-order valence-corrected chi connectivity index (χ1v) is 11.4. The molecular formula is C24H26N2O4S. The maximum absolute atomic E-state index is 12.4. The Morgan fingerprint density at radius 1 is 0.903 bits per heavy atom. The van der Waals surface area contributed by atoms with Crippen LogP contribution >= 0.6 is 0 Å². The Kier molecular flexibility index (Phi) is 7.44. The molecule has 6 nitrogen and oxygen atoms in total. The molecule has 3 aromatic rings. The topological polar surface area (TPSA) is 84.5 Å². The molecule has 0 atom stereocenters. The summed E-state index contributed by atoms with van der Waals surface area (Å²) < 4.78 is 33.0.